The van der Waals surface area contributed by atoms with Gasteiger partial charge in [-0.05, 0) is 32.9 Å². The highest BCUT2D eigenvalue weighted by atomic mass is 16.1. The SMILES string of the molecule is Cc1ccc(C(C)(C)N)c(=O)n1C. The lowest BCUT2D eigenvalue weighted by Gasteiger charge is -2.19. The quantitative estimate of drug-likeness (QED) is 0.697. The van der Waals surface area contributed by atoms with Gasteiger partial charge in [0.1, 0.15) is 0 Å². The third kappa shape index (κ3) is 1.80. The Kier molecular flexibility index (Phi) is 2.30. The van der Waals surface area contributed by atoms with Gasteiger partial charge in [0.25, 0.3) is 5.56 Å². The van der Waals surface area contributed by atoms with E-state index in [0.717, 1.165) is 5.69 Å². The molecule has 2 N–H and O–H groups in total. The zero-order valence-electron chi connectivity index (χ0n) is 8.59. The van der Waals surface area contributed by atoms with Crippen molar-refractivity contribution < 1.29 is 0 Å². The molecule has 1 heterocycles. The van der Waals surface area contributed by atoms with Gasteiger partial charge in [0.05, 0.1) is 0 Å². The Labute approximate surface area is 78.2 Å². The smallest absolute Gasteiger partial charge is 0.255 e. The fourth-order valence-corrected chi connectivity index (χ4v) is 1.22. The fraction of sp³-hybridized carbons (Fsp3) is 0.500. The van der Waals surface area contributed by atoms with Gasteiger partial charge in [-0.1, -0.05) is 0 Å². The number of nitrogens with zero attached hydrogens (tertiary/aromatic N) is 1. The molecule has 1 aromatic heterocycles. The molecule has 0 saturated heterocycles. The summed E-state index contributed by atoms with van der Waals surface area (Å²) in [6.45, 7) is 5.56. The van der Waals surface area contributed by atoms with Gasteiger partial charge in [0, 0.05) is 23.8 Å². The lowest BCUT2D eigenvalue weighted by molar-refractivity contribution is 0.539. The van der Waals surface area contributed by atoms with E-state index in [2.05, 4.69) is 0 Å². The molecular formula is C10H16N2O. The van der Waals surface area contributed by atoms with Crippen LogP contribution in [0.25, 0.3) is 0 Å². The first-order chi connectivity index (χ1) is 5.84. The molecule has 3 nitrogen and oxygen atoms in total. The second-order valence-corrected chi connectivity index (χ2v) is 3.97. The van der Waals surface area contributed by atoms with Crippen molar-refractivity contribution in [1.29, 1.82) is 0 Å². The molecule has 72 valence electrons. The Morgan fingerprint density at radius 3 is 2.38 bits per heavy atom. The number of rotatable bonds is 1. The lowest BCUT2D eigenvalue weighted by Crippen LogP contribution is -2.37. The summed E-state index contributed by atoms with van der Waals surface area (Å²) in [5.41, 5.74) is 6.89. The van der Waals surface area contributed by atoms with Crippen molar-refractivity contribution in [3.63, 3.8) is 0 Å². The number of hydrogen-bond donors (Lipinski definition) is 1. The first-order valence-corrected chi connectivity index (χ1v) is 4.30. The van der Waals surface area contributed by atoms with E-state index >= 15 is 0 Å². The van der Waals surface area contributed by atoms with Gasteiger partial charge < -0.3 is 10.3 Å². The maximum Gasteiger partial charge on any atom is 0.255 e. The maximum atomic E-state index is 11.7. The van der Waals surface area contributed by atoms with Gasteiger partial charge >= 0.3 is 0 Å². The zero-order valence-corrected chi connectivity index (χ0v) is 8.59. The zero-order chi connectivity index (χ0) is 10.2. The van der Waals surface area contributed by atoms with Crippen molar-refractivity contribution in [2.75, 3.05) is 0 Å². The van der Waals surface area contributed by atoms with Crippen LogP contribution in [0.1, 0.15) is 25.1 Å². The van der Waals surface area contributed by atoms with E-state index in [1.807, 2.05) is 26.8 Å². The van der Waals surface area contributed by atoms with Crippen LogP contribution in [0.15, 0.2) is 16.9 Å². The number of pyridine rings is 1. The second kappa shape index (κ2) is 3.00. The maximum absolute atomic E-state index is 11.7. The van der Waals surface area contributed by atoms with Gasteiger partial charge in [-0.15, -0.1) is 0 Å². The van der Waals surface area contributed by atoms with Crippen molar-refractivity contribution in [2.24, 2.45) is 12.8 Å². The highest BCUT2D eigenvalue weighted by Crippen LogP contribution is 2.12. The fourth-order valence-electron chi connectivity index (χ4n) is 1.22. The first-order valence-electron chi connectivity index (χ1n) is 4.30. The number of nitrogens with two attached hydrogens (primary N) is 1. The summed E-state index contributed by atoms with van der Waals surface area (Å²) in [5, 5.41) is 0. The molecule has 1 rings (SSSR count). The molecule has 13 heavy (non-hydrogen) atoms. The minimum atomic E-state index is -0.567. The van der Waals surface area contributed by atoms with E-state index < -0.39 is 5.54 Å². The van der Waals surface area contributed by atoms with Gasteiger partial charge in [-0.25, -0.2) is 0 Å². The predicted octanol–water partition coefficient (Wildman–Crippen LogP) is 0.888. The van der Waals surface area contributed by atoms with Gasteiger partial charge in [0.2, 0.25) is 0 Å². The van der Waals surface area contributed by atoms with Crippen LogP contribution in [0.3, 0.4) is 0 Å². The standard InChI is InChI=1S/C10H16N2O/c1-7-5-6-8(10(2,3)11)9(13)12(7)4/h5-6H,11H2,1-4H3. The summed E-state index contributed by atoms with van der Waals surface area (Å²) < 4.78 is 1.62. The molecule has 0 unspecified atom stereocenters. The molecular weight excluding hydrogens is 164 g/mol. The summed E-state index contributed by atoms with van der Waals surface area (Å²) >= 11 is 0. The lowest BCUT2D eigenvalue weighted by atomic mass is 9.97. The van der Waals surface area contributed by atoms with Gasteiger partial charge in [-0.3, -0.25) is 4.79 Å². The van der Waals surface area contributed by atoms with E-state index in [9.17, 15) is 4.79 Å². The Morgan fingerprint density at radius 1 is 1.38 bits per heavy atom. The van der Waals surface area contributed by atoms with E-state index in [4.69, 9.17) is 5.73 Å². The van der Waals surface area contributed by atoms with E-state index in [1.165, 1.54) is 0 Å². The molecule has 0 aromatic carbocycles. The van der Waals surface area contributed by atoms with Gasteiger partial charge in [0.15, 0.2) is 0 Å². The van der Waals surface area contributed by atoms with Gasteiger partial charge in [-0.2, -0.15) is 0 Å². The average Bonchev–Trinajstić information content (AvgIpc) is 1.98. The summed E-state index contributed by atoms with van der Waals surface area (Å²) in [7, 11) is 1.76. The Morgan fingerprint density at radius 2 is 1.92 bits per heavy atom. The molecule has 0 amide bonds. The minimum Gasteiger partial charge on any atom is -0.322 e. The molecule has 0 radical (unpaired) electrons. The largest absolute Gasteiger partial charge is 0.322 e. The third-order valence-corrected chi connectivity index (χ3v) is 2.25. The molecule has 0 atom stereocenters. The Hall–Kier alpha value is -1.09. The van der Waals surface area contributed by atoms with Crippen LogP contribution >= 0.6 is 0 Å². The van der Waals surface area contributed by atoms with Crippen molar-refractivity contribution in [2.45, 2.75) is 26.3 Å². The molecule has 0 aliphatic rings. The molecule has 0 bridgehead atoms. The van der Waals surface area contributed by atoms with Crippen LogP contribution < -0.4 is 11.3 Å². The molecule has 0 aliphatic carbocycles. The van der Waals surface area contributed by atoms with E-state index in [0.29, 0.717) is 5.56 Å². The Bertz CT molecular complexity index is 371. The number of aryl methyl sites for hydroxylation is 1. The van der Waals surface area contributed by atoms with Crippen LogP contribution in [0, 0.1) is 6.92 Å². The van der Waals surface area contributed by atoms with Crippen LogP contribution in [-0.4, -0.2) is 4.57 Å². The Balaban J connectivity index is 3.44. The van der Waals surface area contributed by atoms with Crippen molar-refractivity contribution in [1.82, 2.24) is 4.57 Å². The van der Waals surface area contributed by atoms with Crippen molar-refractivity contribution in [3.8, 4) is 0 Å². The normalized spacial score (nSPS) is 11.8. The van der Waals surface area contributed by atoms with E-state index in [-0.39, 0.29) is 5.56 Å². The highest BCUT2D eigenvalue weighted by Gasteiger charge is 2.18. The molecule has 3 heteroatoms. The monoisotopic (exact) mass is 180 g/mol. The summed E-state index contributed by atoms with van der Waals surface area (Å²) in [4.78, 5) is 11.7. The topological polar surface area (TPSA) is 48.0 Å². The number of hydrogen-bond acceptors (Lipinski definition) is 2. The summed E-state index contributed by atoms with van der Waals surface area (Å²) in [6, 6.07) is 3.71. The summed E-state index contributed by atoms with van der Waals surface area (Å²) in [5.74, 6) is 0. The molecule has 0 spiro atoms. The molecule has 0 saturated carbocycles. The van der Waals surface area contributed by atoms with Crippen LogP contribution in [0.5, 0.6) is 0 Å². The van der Waals surface area contributed by atoms with Crippen molar-refractivity contribution >= 4 is 0 Å². The molecule has 1 aromatic rings. The average molecular weight is 180 g/mol. The van der Waals surface area contributed by atoms with Crippen molar-refractivity contribution in [3.05, 3.63) is 33.7 Å². The first kappa shape index (κ1) is 9.99. The van der Waals surface area contributed by atoms with Crippen LogP contribution in [0.2, 0.25) is 0 Å². The summed E-state index contributed by atoms with van der Waals surface area (Å²) in [6.07, 6.45) is 0. The second-order valence-electron chi connectivity index (χ2n) is 3.97. The highest BCUT2D eigenvalue weighted by molar-refractivity contribution is 5.21. The van der Waals surface area contributed by atoms with Crippen LogP contribution in [-0.2, 0) is 12.6 Å². The molecule has 0 aliphatic heterocycles. The molecule has 0 fully saturated rings. The third-order valence-electron chi connectivity index (χ3n) is 2.25. The minimum absolute atomic E-state index is 0.00694. The number of aromatic nitrogens is 1. The van der Waals surface area contributed by atoms with E-state index in [1.54, 1.807) is 17.7 Å². The predicted molar refractivity (Wildman–Crippen MR) is 53.6 cm³/mol. The van der Waals surface area contributed by atoms with Crippen LogP contribution in [0.4, 0.5) is 0 Å².